The SMILES string of the molecule is C/C=C\c1ccc2n(c1=O)C[C@@H]1[C@@H](CO)[C@H](C(=O)NCc3ccncn3)N(C(=O)C3CCCC3)[C@H]21. The summed E-state index contributed by atoms with van der Waals surface area (Å²) in [7, 11) is 0. The number of nitrogens with zero attached hydrogens (tertiary/aromatic N) is 4. The van der Waals surface area contributed by atoms with Crippen molar-refractivity contribution in [2.75, 3.05) is 6.61 Å². The molecule has 1 saturated carbocycles. The average molecular weight is 478 g/mol. The fourth-order valence-electron chi connectivity index (χ4n) is 6.14. The summed E-state index contributed by atoms with van der Waals surface area (Å²) in [4.78, 5) is 50.3. The number of allylic oxidation sites excluding steroid dienone is 1. The summed E-state index contributed by atoms with van der Waals surface area (Å²) in [6.07, 6.45) is 10.2. The van der Waals surface area contributed by atoms with E-state index in [1.54, 1.807) is 33.9 Å². The molecule has 1 aliphatic carbocycles. The molecule has 0 aromatic carbocycles. The number of carbonyl (C=O) groups is 2. The lowest BCUT2D eigenvalue weighted by atomic mass is 9.88. The largest absolute Gasteiger partial charge is 0.396 e. The lowest BCUT2D eigenvalue weighted by Gasteiger charge is -2.33. The van der Waals surface area contributed by atoms with Crippen LogP contribution in [0.25, 0.3) is 6.08 Å². The Labute approximate surface area is 203 Å². The highest BCUT2D eigenvalue weighted by molar-refractivity contribution is 5.90. The normalized spacial score (nSPS) is 25.7. The Morgan fingerprint density at radius 3 is 2.71 bits per heavy atom. The van der Waals surface area contributed by atoms with Crippen LogP contribution in [-0.4, -0.2) is 49.0 Å². The van der Waals surface area contributed by atoms with Crippen molar-refractivity contribution in [3.05, 3.63) is 64.1 Å². The minimum atomic E-state index is -0.802. The molecule has 9 heteroatoms. The van der Waals surface area contributed by atoms with Crippen LogP contribution in [0.15, 0.2) is 41.6 Å². The summed E-state index contributed by atoms with van der Waals surface area (Å²) < 4.78 is 1.72. The average Bonchev–Trinajstić information content (AvgIpc) is 3.60. The molecule has 3 aliphatic rings. The molecule has 2 amide bonds. The van der Waals surface area contributed by atoms with Gasteiger partial charge in [-0.05, 0) is 38.0 Å². The van der Waals surface area contributed by atoms with Gasteiger partial charge in [0.2, 0.25) is 11.8 Å². The Kier molecular flexibility index (Phi) is 6.51. The lowest BCUT2D eigenvalue weighted by molar-refractivity contribution is -0.145. The summed E-state index contributed by atoms with van der Waals surface area (Å²) in [5.74, 6) is -1.17. The van der Waals surface area contributed by atoms with E-state index in [4.69, 9.17) is 0 Å². The van der Waals surface area contributed by atoms with Crippen molar-refractivity contribution in [1.29, 1.82) is 0 Å². The third kappa shape index (κ3) is 4.07. The van der Waals surface area contributed by atoms with Crippen LogP contribution in [0, 0.1) is 17.8 Å². The van der Waals surface area contributed by atoms with E-state index < -0.39 is 18.0 Å². The number of likely N-dealkylation sites (tertiary alicyclic amines) is 1. The predicted molar refractivity (Wildman–Crippen MR) is 129 cm³/mol. The number of rotatable bonds is 6. The van der Waals surface area contributed by atoms with Crippen LogP contribution in [0.4, 0.5) is 0 Å². The fourth-order valence-corrected chi connectivity index (χ4v) is 6.14. The smallest absolute Gasteiger partial charge is 0.258 e. The number of hydrogen-bond acceptors (Lipinski definition) is 6. The summed E-state index contributed by atoms with van der Waals surface area (Å²) in [5, 5.41) is 13.4. The Balaban J connectivity index is 1.52. The molecule has 4 atom stereocenters. The zero-order chi connectivity index (χ0) is 24.5. The Hall–Kier alpha value is -3.33. The Bertz CT molecular complexity index is 1190. The zero-order valence-corrected chi connectivity index (χ0v) is 19.8. The number of pyridine rings is 1. The van der Waals surface area contributed by atoms with Crippen molar-refractivity contribution in [3.8, 4) is 0 Å². The first-order valence-corrected chi connectivity index (χ1v) is 12.4. The van der Waals surface area contributed by atoms with Crippen LogP contribution >= 0.6 is 0 Å². The molecule has 0 unspecified atom stereocenters. The third-order valence-electron chi connectivity index (χ3n) is 7.77. The molecule has 2 aromatic heterocycles. The molecule has 0 radical (unpaired) electrons. The number of nitrogens with one attached hydrogen (secondary N) is 1. The molecule has 0 bridgehead atoms. The second-order valence-electron chi connectivity index (χ2n) is 9.67. The fraction of sp³-hybridized carbons (Fsp3) is 0.500. The molecule has 2 fully saturated rings. The van der Waals surface area contributed by atoms with Gasteiger partial charge in [0.1, 0.15) is 12.4 Å². The lowest BCUT2D eigenvalue weighted by Crippen LogP contribution is -2.51. The number of fused-ring (bicyclic) bond motifs is 3. The molecular weight excluding hydrogens is 446 g/mol. The summed E-state index contributed by atoms with van der Waals surface area (Å²) in [5.41, 5.74) is 1.88. The van der Waals surface area contributed by atoms with Gasteiger partial charge in [-0.25, -0.2) is 9.97 Å². The molecule has 2 N–H and O–H groups in total. The van der Waals surface area contributed by atoms with Gasteiger partial charge in [-0.3, -0.25) is 14.4 Å². The monoisotopic (exact) mass is 477 g/mol. The van der Waals surface area contributed by atoms with E-state index in [1.807, 2.05) is 19.1 Å². The van der Waals surface area contributed by atoms with Gasteiger partial charge in [0, 0.05) is 48.4 Å². The van der Waals surface area contributed by atoms with Gasteiger partial charge in [-0.15, -0.1) is 0 Å². The molecule has 0 spiro atoms. The minimum Gasteiger partial charge on any atom is -0.396 e. The van der Waals surface area contributed by atoms with Crippen LogP contribution in [0.5, 0.6) is 0 Å². The van der Waals surface area contributed by atoms with Crippen molar-refractivity contribution >= 4 is 17.9 Å². The molecule has 9 nitrogen and oxygen atoms in total. The van der Waals surface area contributed by atoms with E-state index in [2.05, 4.69) is 15.3 Å². The molecule has 5 rings (SSSR count). The van der Waals surface area contributed by atoms with E-state index in [9.17, 15) is 19.5 Å². The molecular formula is C26H31N5O4. The van der Waals surface area contributed by atoms with Gasteiger partial charge in [-0.1, -0.05) is 25.0 Å². The molecule has 35 heavy (non-hydrogen) atoms. The summed E-state index contributed by atoms with van der Waals surface area (Å²) in [6.45, 7) is 2.20. The van der Waals surface area contributed by atoms with E-state index in [0.717, 1.165) is 31.4 Å². The van der Waals surface area contributed by atoms with Gasteiger partial charge in [0.15, 0.2) is 0 Å². The van der Waals surface area contributed by atoms with Gasteiger partial charge in [0.05, 0.1) is 18.3 Å². The maximum atomic E-state index is 13.9. The first-order chi connectivity index (χ1) is 17.0. The standard InChI is InChI=1S/C26H31N5O4/c1-2-5-16-8-9-21-22-19(13-30(21)25(16)34)20(14-32)23(31(22)26(35)17-6-3-4-7-17)24(33)28-12-18-10-11-27-15-29-18/h2,5,8-11,15,17,19-20,22-23,32H,3-4,6-7,12-14H2,1H3,(H,28,33)/b5-2-/t19-,20-,22+,23-/m1/s1. The van der Waals surface area contributed by atoms with Crippen molar-refractivity contribution in [3.63, 3.8) is 0 Å². The molecule has 2 aromatic rings. The number of aliphatic hydroxyl groups excluding tert-OH is 1. The highest BCUT2D eigenvalue weighted by Gasteiger charge is 2.58. The number of aromatic nitrogens is 3. The van der Waals surface area contributed by atoms with E-state index in [0.29, 0.717) is 17.8 Å². The predicted octanol–water partition coefficient (Wildman–Crippen LogP) is 1.67. The minimum absolute atomic E-state index is 0.0472. The van der Waals surface area contributed by atoms with E-state index in [-0.39, 0.29) is 42.4 Å². The van der Waals surface area contributed by atoms with E-state index in [1.165, 1.54) is 6.33 Å². The van der Waals surface area contributed by atoms with Crippen molar-refractivity contribution in [2.24, 2.45) is 17.8 Å². The topological polar surface area (TPSA) is 117 Å². The van der Waals surface area contributed by atoms with Crippen molar-refractivity contribution in [1.82, 2.24) is 24.8 Å². The zero-order valence-electron chi connectivity index (χ0n) is 19.8. The molecule has 2 aliphatic heterocycles. The second-order valence-corrected chi connectivity index (χ2v) is 9.67. The van der Waals surface area contributed by atoms with Crippen molar-refractivity contribution in [2.45, 2.75) is 57.8 Å². The highest BCUT2D eigenvalue weighted by Crippen LogP contribution is 2.50. The number of carbonyl (C=O) groups excluding carboxylic acids is 2. The first-order valence-electron chi connectivity index (χ1n) is 12.4. The van der Waals surface area contributed by atoms with Crippen LogP contribution in [0.2, 0.25) is 0 Å². The molecule has 1 saturated heterocycles. The van der Waals surface area contributed by atoms with Gasteiger partial charge in [0.25, 0.3) is 5.56 Å². The Morgan fingerprint density at radius 2 is 2.03 bits per heavy atom. The summed E-state index contributed by atoms with van der Waals surface area (Å²) in [6, 6.07) is 4.18. The first kappa shape index (κ1) is 23.4. The Morgan fingerprint density at radius 1 is 1.23 bits per heavy atom. The van der Waals surface area contributed by atoms with E-state index >= 15 is 0 Å². The van der Waals surface area contributed by atoms with Crippen LogP contribution in [0.3, 0.4) is 0 Å². The van der Waals surface area contributed by atoms with Crippen LogP contribution < -0.4 is 10.9 Å². The second kappa shape index (κ2) is 9.73. The maximum absolute atomic E-state index is 13.9. The summed E-state index contributed by atoms with van der Waals surface area (Å²) >= 11 is 0. The quantitative estimate of drug-likeness (QED) is 0.654. The number of amides is 2. The third-order valence-corrected chi connectivity index (χ3v) is 7.77. The number of hydrogen-bond donors (Lipinski definition) is 2. The molecule has 4 heterocycles. The highest BCUT2D eigenvalue weighted by atomic mass is 16.3. The number of aliphatic hydroxyl groups is 1. The molecule has 184 valence electrons. The van der Waals surface area contributed by atoms with Gasteiger partial charge in [-0.2, -0.15) is 0 Å². The van der Waals surface area contributed by atoms with Crippen LogP contribution in [-0.2, 0) is 22.7 Å². The van der Waals surface area contributed by atoms with Gasteiger partial charge >= 0.3 is 0 Å². The van der Waals surface area contributed by atoms with Crippen molar-refractivity contribution < 1.29 is 14.7 Å². The van der Waals surface area contributed by atoms with Gasteiger partial charge < -0.3 is 19.9 Å². The van der Waals surface area contributed by atoms with Crippen LogP contribution in [0.1, 0.15) is 55.6 Å². The maximum Gasteiger partial charge on any atom is 0.258 e.